The summed E-state index contributed by atoms with van der Waals surface area (Å²) in [5.74, 6) is 0.465. The van der Waals surface area contributed by atoms with Crippen LogP contribution in [-0.4, -0.2) is 18.0 Å². The smallest absolute Gasteiger partial charge is 0.247 e. The van der Waals surface area contributed by atoms with E-state index in [2.05, 4.69) is 10.6 Å². The average Bonchev–Trinajstić information content (AvgIpc) is 2.95. The van der Waals surface area contributed by atoms with E-state index in [1.807, 2.05) is 91.9 Å². The second-order valence-corrected chi connectivity index (χ2v) is 8.82. The standard InChI is InChI=1S/C31H32N4O3/c1-22(37-21-24-10-6-3-7-11-24)38-28-18-14-25(15-19-28)29(31(36)34-20-23-8-4-2-5-9-23)35-27-16-12-26(13-17-27)30(32)33/h2-19,22,29,35H,20-21H2,1H3,(H3,32,33)(H,34,36). The van der Waals surface area contributed by atoms with Gasteiger partial charge in [-0.25, -0.2) is 0 Å². The van der Waals surface area contributed by atoms with Gasteiger partial charge in [-0.2, -0.15) is 0 Å². The maximum atomic E-state index is 13.3. The molecule has 38 heavy (non-hydrogen) atoms. The van der Waals surface area contributed by atoms with E-state index in [9.17, 15) is 4.79 Å². The summed E-state index contributed by atoms with van der Waals surface area (Å²) in [7, 11) is 0. The first-order valence-electron chi connectivity index (χ1n) is 12.4. The topological polar surface area (TPSA) is 109 Å². The van der Waals surface area contributed by atoms with Crippen LogP contribution in [0.5, 0.6) is 5.75 Å². The number of carbonyl (C=O) groups is 1. The van der Waals surface area contributed by atoms with Crippen molar-refractivity contribution in [2.24, 2.45) is 5.73 Å². The normalized spacial score (nSPS) is 12.2. The number of carbonyl (C=O) groups excluding carboxylic acids is 1. The summed E-state index contributed by atoms with van der Waals surface area (Å²) < 4.78 is 11.7. The first kappa shape index (κ1) is 26.4. The van der Waals surface area contributed by atoms with Gasteiger partial charge in [0.1, 0.15) is 17.6 Å². The fourth-order valence-electron chi connectivity index (χ4n) is 3.85. The number of amidine groups is 1. The zero-order valence-corrected chi connectivity index (χ0v) is 21.3. The van der Waals surface area contributed by atoms with Crippen molar-refractivity contribution in [3.05, 3.63) is 131 Å². The van der Waals surface area contributed by atoms with Crippen LogP contribution in [0.4, 0.5) is 5.69 Å². The Hall–Kier alpha value is -4.62. The molecule has 0 aliphatic carbocycles. The number of benzene rings is 4. The largest absolute Gasteiger partial charge is 0.465 e. The van der Waals surface area contributed by atoms with Gasteiger partial charge in [0.2, 0.25) is 5.91 Å². The third-order valence-corrected chi connectivity index (χ3v) is 5.92. The molecule has 4 aromatic carbocycles. The van der Waals surface area contributed by atoms with E-state index < -0.39 is 12.3 Å². The van der Waals surface area contributed by atoms with Crippen LogP contribution in [0.3, 0.4) is 0 Å². The van der Waals surface area contributed by atoms with E-state index in [1.165, 1.54) is 0 Å². The van der Waals surface area contributed by atoms with Crippen molar-refractivity contribution in [1.29, 1.82) is 5.41 Å². The van der Waals surface area contributed by atoms with E-state index in [0.29, 0.717) is 24.5 Å². The molecule has 2 atom stereocenters. The average molecular weight is 509 g/mol. The van der Waals surface area contributed by atoms with Gasteiger partial charge in [-0.3, -0.25) is 10.2 Å². The molecule has 0 bridgehead atoms. The van der Waals surface area contributed by atoms with Gasteiger partial charge in [0.15, 0.2) is 6.29 Å². The van der Waals surface area contributed by atoms with Gasteiger partial charge in [-0.05, 0) is 60.0 Å². The molecular formula is C31H32N4O3. The minimum Gasteiger partial charge on any atom is -0.465 e. The molecule has 5 N–H and O–H groups in total. The number of ether oxygens (including phenoxy) is 2. The first-order valence-corrected chi connectivity index (χ1v) is 12.4. The Morgan fingerprint density at radius 1 is 0.842 bits per heavy atom. The predicted octanol–water partition coefficient (Wildman–Crippen LogP) is 5.38. The van der Waals surface area contributed by atoms with Crippen LogP contribution in [0.25, 0.3) is 0 Å². The Balaban J connectivity index is 1.44. The quantitative estimate of drug-likeness (QED) is 0.117. The number of hydrogen-bond acceptors (Lipinski definition) is 5. The molecule has 2 unspecified atom stereocenters. The van der Waals surface area contributed by atoms with Crippen LogP contribution in [0, 0.1) is 5.41 Å². The molecule has 4 aromatic rings. The van der Waals surface area contributed by atoms with Crippen molar-refractivity contribution in [2.75, 3.05) is 5.32 Å². The Kier molecular flexibility index (Phi) is 9.10. The predicted molar refractivity (Wildman–Crippen MR) is 150 cm³/mol. The van der Waals surface area contributed by atoms with Gasteiger partial charge in [0.05, 0.1) is 6.61 Å². The lowest BCUT2D eigenvalue weighted by atomic mass is 10.0. The highest BCUT2D eigenvalue weighted by Crippen LogP contribution is 2.24. The summed E-state index contributed by atoms with van der Waals surface area (Å²) in [6.45, 7) is 2.72. The Morgan fingerprint density at radius 2 is 1.45 bits per heavy atom. The van der Waals surface area contributed by atoms with Crippen LogP contribution in [0.2, 0.25) is 0 Å². The van der Waals surface area contributed by atoms with Gasteiger partial charge in [-0.1, -0.05) is 72.8 Å². The molecule has 1 amide bonds. The number of rotatable bonds is 12. The van der Waals surface area contributed by atoms with Gasteiger partial charge in [0.25, 0.3) is 0 Å². The molecule has 0 heterocycles. The maximum absolute atomic E-state index is 13.3. The minimum atomic E-state index is -0.650. The molecule has 0 saturated carbocycles. The summed E-state index contributed by atoms with van der Waals surface area (Å²) in [4.78, 5) is 13.3. The molecule has 0 fully saturated rings. The molecule has 0 aromatic heterocycles. The summed E-state index contributed by atoms with van der Waals surface area (Å²) >= 11 is 0. The molecular weight excluding hydrogens is 476 g/mol. The molecule has 7 heteroatoms. The molecule has 0 aliphatic heterocycles. The lowest BCUT2D eigenvalue weighted by molar-refractivity contribution is -0.122. The van der Waals surface area contributed by atoms with E-state index in [1.54, 1.807) is 24.3 Å². The highest BCUT2D eigenvalue weighted by molar-refractivity contribution is 5.95. The van der Waals surface area contributed by atoms with E-state index >= 15 is 0 Å². The van der Waals surface area contributed by atoms with Crippen LogP contribution >= 0.6 is 0 Å². The second kappa shape index (κ2) is 13.1. The van der Waals surface area contributed by atoms with Crippen LogP contribution in [-0.2, 0) is 22.7 Å². The second-order valence-electron chi connectivity index (χ2n) is 8.82. The lowest BCUT2D eigenvalue weighted by Gasteiger charge is -2.21. The number of nitrogens with two attached hydrogens (primary N) is 1. The highest BCUT2D eigenvalue weighted by Gasteiger charge is 2.21. The first-order chi connectivity index (χ1) is 18.5. The molecule has 7 nitrogen and oxygen atoms in total. The van der Waals surface area contributed by atoms with Crippen molar-refractivity contribution in [3.63, 3.8) is 0 Å². The van der Waals surface area contributed by atoms with Crippen LogP contribution in [0.15, 0.2) is 109 Å². The third-order valence-electron chi connectivity index (χ3n) is 5.92. The van der Waals surface area contributed by atoms with Crippen molar-refractivity contribution >= 4 is 17.4 Å². The number of anilines is 1. The maximum Gasteiger partial charge on any atom is 0.247 e. The summed E-state index contributed by atoms with van der Waals surface area (Å²) in [5.41, 5.74) is 9.79. The highest BCUT2D eigenvalue weighted by atomic mass is 16.7. The number of amides is 1. The molecule has 194 valence electrons. The number of nitrogen functional groups attached to an aromatic ring is 1. The fraction of sp³-hybridized carbons (Fsp3) is 0.161. The van der Waals surface area contributed by atoms with Crippen molar-refractivity contribution in [1.82, 2.24) is 5.32 Å². The zero-order chi connectivity index (χ0) is 26.7. The lowest BCUT2D eigenvalue weighted by Crippen LogP contribution is -2.33. The Labute approximate surface area is 223 Å². The molecule has 0 radical (unpaired) electrons. The van der Waals surface area contributed by atoms with Crippen molar-refractivity contribution in [3.8, 4) is 5.75 Å². The fourth-order valence-corrected chi connectivity index (χ4v) is 3.85. The van der Waals surface area contributed by atoms with Crippen molar-refractivity contribution < 1.29 is 14.3 Å². The van der Waals surface area contributed by atoms with Gasteiger partial charge < -0.3 is 25.8 Å². The molecule has 0 saturated heterocycles. The SMILES string of the molecule is CC(OCc1ccccc1)Oc1ccc(C(Nc2ccc(C(=N)N)cc2)C(=O)NCc2ccccc2)cc1. The van der Waals surface area contributed by atoms with E-state index in [4.69, 9.17) is 20.6 Å². The Bertz CT molecular complexity index is 1310. The molecule has 4 rings (SSSR count). The molecule has 0 aliphatic rings. The molecule has 0 spiro atoms. The van der Waals surface area contributed by atoms with Gasteiger partial charge >= 0.3 is 0 Å². The third kappa shape index (κ3) is 7.69. The van der Waals surface area contributed by atoms with Crippen LogP contribution in [0.1, 0.15) is 35.2 Å². The Morgan fingerprint density at radius 3 is 2.05 bits per heavy atom. The van der Waals surface area contributed by atoms with Crippen molar-refractivity contribution in [2.45, 2.75) is 32.4 Å². The zero-order valence-electron chi connectivity index (χ0n) is 21.3. The van der Waals surface area contributed by atoms with E-state index in [-0.39, 0.29) is 11.7 Å². The minimum absolute atomic E-state index is 0.00808. The monoisotopic (exact) mass is 508 g/mol. The van der Waals surface area contributed by atoms with Gasteiger partial charge in [-0.15, -0.1) is 0 Å². The van der Waals surface area contributed by atoms with Gasteiger partial charge in [0, 0.05) is 17.8 Å². The van der Waals surface area contributed by atoms with Crippen LogP contribution < -0.4 is 21.1 Å². The van der Waals surface area contributed by atoms with E-state index in [0.717, 1.165) is 22.4 Å². The summed E-state index contributed by atoms with van der Waals surface area (Å²) in [6, 6.07) is 33.5. The number of nitrogens with one attached hydrogen (secondary N) is 3. The summed E-state index contributed by atoms with van der Waals surface area (Å²) in [6.07, 6.45) is -0.441. The summed E-state index contributed by atoms with van der Waals surface area (Å²) in [5, 5.41) is 13.9. The number of hydrogen-bond donors (Lipinski definition) is 4.